The van der Waals surface area contributed by atoms with E-state index >= 15 is 0 Å². The standard InChI is InChI=1S/C54H40F3N3/c1-32-16-20-41(34(3)24-32)37-18-22-45-43-12-5-7-14-48(43)59(50(45)27-37)52-29-39(36-10-9-11-40(26-36)54(55,56)57)30-53(47(52)31-58)60-49-15-8-6-13-44(49)46-23-19-38(28-51(46)60)42-21-17-33(2)25-35(42)4/h5-12,14-20,22-30H,13,21H2,1-4H3. The van der Waals surface area contributed by atoms with Crippen molar-refractivity contribution in [3.8, 4) is 39.7 Å². The van der Waals surface area contributed by atoms with Gasteiger partial charge in [-0.25, -0.2) is 0 Å². The number of allylic oxidation sites excluding steroid dienone is 6. The van der Waals surface area contributed by atoms with Crippen molar-refractivity contribution >= 4 is 44.4 Å². The van der Waals surface area contributed by atoms with Crippen LogP contribution in [0.5, 0.6) is 0 Å². The SMILES string of the molecule is CC1=CCC(=c2ccc3c4c(n(-c5cc(-c6cccc(C(F)(F)F)c6)cc(-n6c7ccccc7c7ccc(-c8ccc(C)cc8C)cc76)c5C#N)c3c2)=CC=CC4)C(C)=C1. The van der Waals surface area contributed by atoms with Gasteiger partial charge >= 0.3 is 6.18 Å². The summed E-state index contributed by atoms with van der Waals surface area (Å²) < 4.78 is 47.2. The van der Waals surface area contributed by atoms with E-state index in [9.17, 15) is 18.4 Å². The second-order valence-electron chi connectivity index (χ2n) is 16.2. The zero-order chi connectivity index (χ0) is 41.4. The van der Waals surface area contributed by atoms with Crippen molar-refractivity contribution in [1.82, 2.24) is 9.13 Å². The van der Waals surface area contributed by atoms with E-state index in [1.54, 1.807) is 6.07 Å². The van der Waals surface area contributed by atoms with Crippen molar-refractivity contribution in [2.24, 2.45) is 0 Å². The summed E-state index contributed by atoms with van der Waals surface area (Å²) in [5, 5.41) is 16.6. The van der Waals surface area contributed by atoms with Gasteiger partial charge in [0.1, 0.15) is 11.6 Å². The van der Waals surface area contributed by atoms with Gasteiger partial charge in [0.25, 0.3) is 0 Å². The van der Waals surface area contributed by atoms with Gasteiger partial charge in [0, 0.05) is 16.2 Å². The molecule has 0 fully saturated rings. The fourth-order valence-corrected chi connectivity index (χ4v) is 9.47. The van der Waals surface area contributed by atoms with Crippen molar-refractivity contribution in [3.63, 3.8) is 0 Å². The normalized spacial score (nSPS) is 14.9. The summed E-state index contributed by atoms with van der Waals surface area (Å²) in [5.74, 6) is 0. The maximum atomic E-state index is 14.3. The van der Waals surface area contributed by atoms with Crippen molar-refractivity contribution in [2.45, 2.75) is 46.7 Å². The zero-order valence-electron chi connectivity index (χ0n) is 33.7. The number of hydrogen-bond donors (Lipinski definition) is 0. The van der Waals surface area contributed by atoms with Gasteiger partial charge in [-0.05, 0) is 139 Å². The van der Waals surface area contributed by atoms with Crippen molar-refractivity contribution in [2.75, 3.05) is 0 Å². The molecule has 0 N–H and O–H groups in total. The molecule has 0 unspecified atom stereocenters. The smallest absolute Gasteiger partial charge is 0.308 e. The van der Waals surface area contributed by atoms with Crippen LogP contribution >= 0.6 is 0 Å². The number of nitrogens with zero attached hydrogens (tertiary/aromatic N) is 3. The van der Waals surface area contributed by atoms with Crippen LogP contribution in [0.2, 0.25) is 0 Å². The predicted molar refractivity (Wildman–Crippen MR) is 240 cm³/mol. The quantitative estimate of drug-likeness (QED) is 0.175. The first-order chi connectivity index (χ1) is 29.0. The van der Waals surface area contributed by atoms with Crippen LogP contribution in [0.1, 0.15) is 48.1 Å². The summed E-state index contributed by atoms with van der Waals surface area (Å²) in [4.78, 5) is 0. The summed E-state index contributed by atoms with van der Waals surface area (Å²) in [6.07, 6.45) is 7.70. The Balaban J connectivity index is 1.34. The zero-order valence-corrected chi connectivity index (χ0v) is 33.7. The highest BCUT2D eigenvalue weighted by Crippen LogP contribution is 2.41. The summed E-state index contributed by atoms with van der Waals surface area (Å²) in [7, 11) is 0. The van der Waals surface area contributed by atoms with Gasteiger partial charge in [-0.1, -0.05) is 108 Å². The van der Waals surface area contributed by atoms with E-state index in [0.717, 1.165) is 78.0 Å². The third-order valence-corrected chi connectivity index (χ3v) is 12.3. The lowest BCUT2D eigenvalue weighted by atomic mass is 9.93. The van der Waals surface area contributed by atoms with E-state index in [0.29, 0.717) is 34.5 Å². The average Bonchev–Trinajstić information content (AvgIpc) is 3.75. The minimum atomic E-state index is -4.53. The van der Waals surface area contributed by atoms with Crippen LogP contribution in [0.15, 0.2) is 151 Å². The number of fused-ring (bicyclic) bond motifs is 6. The lowest BCUT2D eigenvalue weighted by Crippen LogP contribution is -2.20. The van der Waals surface area contributed by atoms with Crippen LogP contribution in [0.4, 0.5) is 13.2 Å². The monoisotopic (exact) mass is 787 g/mol. The molecule has 0 atom stereocenters. The molecule has 8 aromatic rings. The largest absolute Gasteiger partial charge is 0.416 e. The number of rotatable bonds is 4. The van der Waals surface area contributed by atoms with Gasteiger partial charge in [0.15, 0.2) is 0 Å². The van der Waals surface area contributed by atoms with Gasteiger partial charge in [0.2, 0.25) is 0 Å². The molecule has 2 aromatic heterocycles. The molecule has 0 amide bonds. The van der Waals surface area contributed by atoms with Gasteiger partial charge in [0.05, 0.1) is 38.8 Å². The van der Waals surface area contributed by atoms with E-state index in [4.69, 9.17) is 0 Å². The Hall–Kier alpha value is -7.10. The minimum absolute atomic E-state index is 0.407. The molecule has 6 heteroatoms. The third-order valence-electron chi connectivity index (χ3n) is 12.3. The fourth-order valence-electron chi connectivity index (χ4n) is 9.47. The van der Waals surface area contributed by atoms with Crippen LogP contribution in [-0.2, 0) is 12.6 Å². The van der Waals surface area contributed by atoms with Gasteiger partial charge in [-0.15, -0.1) is 0 Å². The molecule has 60 heavy (non-hydrogen) atoms. The number of hydrogen-bond acceptors (Lipinski definition) is 1. The minimum Gasteiger partial charge on any atom is -0.308 e. The number of alkyl halides is 3. The molecule has 2 aliphatic rings. The molecular weight excluding hydrogens is 748 g/mol. The topological polar surface area (TPSA) is 33.6 Å². The first kappa shape index (κ1) is 37.2. The van der Waals surface area contributed by atoms with E-state index < -0.39 is 11.7 Å². The first-order valence-electron chi connectivity index (χ1n) is 20.2. The van der Waals surface area contributed by atoms with E-state index in [1.807, 2.05) is 30.3 Å². The summed E-state index contributed by atoms with van der Waals surface area (Å²) in [6, 6.07) is 39.5. The number of benzene rings is 6. The molecule has 3 nitrogen and oxygen atoms in total. The molecule has 10 rings (SSSR count). The lowest BCUT2D eigenvalue weighted by Gasteiger charge is -2.19. The van der Waals surface area contributed by atoms with Gasteiger partial charge in [-0.2, -0.15) is 18.4 Å². The Bertz CT molecular complexity index is 3410. The number of aromatic nitrogens is 2. The average molecular weight is 788 g/mol. The molecule has 2 aliphatic carbocycles. The Morgan fingerprint density at radius 1 is 0.650 bits per heavy atom. The van der Waals surface area contributed by atoms with Gasteiger partial charge in [-0.3, -0.25) is 0 Å². The van der Waals surface area contributed by atoms with Crippen LogP contribution < -0.4 is 10.6 Å². The fraction of sp³-hybridized carbons (Fsp3) is 0.130. The second-order valence-corrected chi connectivity index (χ2v) is 16.2. The van der Waals surface area contributed by atoms with Crippen molar-refractivity contribution in [3.05, 3.63) is 189 Å². The summed E-state index contributed by atoms with van der Waals surface area (Å²) in [5.41, 5.74) is 13.9. The predicted octanol–water partition coefficient (Wildman–Crippen LogP) is 12.9. The highest BCUT2D eigenvalue weighted by Gasteiger charge is 2.31. The lowest BCUT2D eigenvalue weighted by molar-refractivity contribution is -0.137. The summed E-state index contributed by atoms with van der Waals surface area (Å²) >= 11 is 0. The number of halogens is 3. The van der Waals surface area contributed by atoms with Crippen LogP contribution in [0.25, 0.3) is 78.0 Å². The molecule has 0 saturated heterocycles. The molecule has 0 aliphatic heterocycles. The molecule has 292 valence electrons. The maximum absolute atomic E-state index is 14.3. The van der Waals surface area contributed by atoms with Crippen molar-refractivity contribution < 1.29 is 13.2 Å². The van der Waals surface area contributed by atoms with Crippen LogP contribution in [0, 0.1) is 25.2 Å². The van der Waals surface area contributed by atoms with Gasteiger partial charge < -0.3 is 9.13 Å². The Labute approximate surface area is 346 Å². The van der Waals surface area contributed by atoms with Crippen LogP contribution in [0.3, 0.4) is 0 Å². The van der Waals surface area contributed by atoms with Crippen LogP contribution in [-0.4, -0.2) is 9.13 Å². The van der Waals surface area contributed by atoms with E-state index in [-0.39, 0.29) is 0 Å². The Morgan fingerprint density at radius 2 is 1.42 bits per heavy atom. The van der Waals surface area contributed by atoms with E-state index in [2.05, 4.69) is 134 Å². The highest BCUT2D eigenvalue weighted by molar-refractivity contribution is 6.10. The molecule has 0 bridgehead atoms. The molecule has 2 heterocycles. The highest BCUT2D eigenvalue weighted by atomic mass is 19.4. The molecule has 0 spiro atoms. The maximum Gasteiger partial charge on any atom is 0.416 e. The molecular formula is C54H40F3N3. The third kappa shape index (κ3) is 6.04. The molecule has 0 saturated carbocycles. The molecule has 0 radical (unpaired) electrons. The first-order valence-corrected chi connectivity index (χ1v) is 20.2. The number of aryl methyl sites for hydroxylation is 2. The van der Waals surface area contributed by atoms with E-state index in [1.165, 1.54) is 34.4 Å². The Kier molecular flexibility index (Phi) is 8.70. The van der Waals surface area contributed by atoms with Crippen molar-refractivity contribution in [1.29, 1.82) is 5.26 Å². The number of para-hydroxylation sites is 1. The summed E-state index contributed by atoms with van der Waals surface area (Å²) in [6.45, 7) is 8.46. The molecule has 6 aromatic carbocycles. The Morgan fingerprint density at radius 3 is 2.20 bits per heavy atom. The second kappa shape index (κ2) is 14.0. The number of nitriles is 1.